The molecule has 2 aromatic rings. The number of rotatable bonds is 3. The van der Waals surface area contributed by atoms with Crippen LogP contribution in [0.5, 0.6) is 0 Å². The second-order valence-corrected chi connectivity index (χ2v) is 4.28. The van der Waals surface area contributed by atoms with E-state index >= 15 is 0 Å². The van der Waals surface area contributed by atoms with E-state index in [2.05, 4.69) is 22.0 Å². The van der Waals surface area contributed by atoms with Crippen LogP contribution in [0.3, 0.4) is 0 Å². The van der Waals surface area contributed by atoms with Gasteiger partial charge in [-0.05, 0) is 30.3 Å². The predicted octanol–water partition coefficient (Wildman–Crippen LogP) is 2.84. The third-order valence-corrected chi connectivity index (χ3v) is 2.58. The van der Waals surface area contributed by atoms with Gasteiger partial charge in [0.2, 0.25) is 0 Å². The molecular formula is C14H17N3. The Morgan fingerprint density at radius 2 is 1.82 bits per heavy atom. The smallest absolute Gasteiger partial charge is 0.0631 e. The Hall–Kier alpha value is -2.03. The summed E-state index contributed by atoms with van der Waals surface area (Å²) in [5.74, 6) is 0. The number of aliphatic imine (C=N–C) groups is 1. The quantitative estimate of drug-likeness (QED) is 0.738. The van der Waals surface area contributed by atoms with E-state index in [9.17, 15) is 0 Å². The molecule has 88 valence electrons. The normalized spacial score (nSPS) is 11.0. The summed E-state index contributed by atoms with van der Waals surface area (Å²) in [4.78, 5) is 6.51. The first-order valence-corrected chi connectivity index (χ1v) is 5.58. The van der Waals surface area contributed by atoms with Crippen LogP contribution < -0.4 is 4.90 Å². The molecule has 1 aromatic carbocycles. The maximum absolute atomic E-state index is 4.43. The standard InChI is InChI=1S/C14H17N3/c1-16(2)14-6-4-13(5-7-14)15-10-12-8-9-17(3)11-12/h4-11H,1-3H3. The highest BCUT2D eigenvalue weighted by molar-refractivity contribution is 5.81. The highest BCUT2D eigenvalue weighted by atomic mass is 15.1. The summed E-state index contributed by atoms with van der Waals surface area (Å²) in [6, 6.07) is 10.2. The van der Waals surface area contributed by atoms with E-state index in [0.29, 0.717) is 0 Å². The molecule has 0 radical (unpaired) electrons. The Morgan fingerprint density at radius 1 is 1.12 bits per heavy atom. The monoisotopic (exact) mass is 227 g/mol. The van der Waals surface area contributed by atoms with Crippen LogP contribution in [0.15, 0.2) is 47.7 Å². The lowest BCUT2D eigenvalue weighted by atomic mass is 10.2. The van der Waals surface area contributed by atoms with Crippen LogP contribution in [0.25, 0.3) is 0 Å². The van der Waals surface area contributed by atoms with Crippen LogP contribution in [-0.2, 0) is 7.05 Å². The zero-order valence-electron chi connectivity index (χ0n) is 10.5. The highest BCUT2D eigenvalue weighted by Gasteiger charge is 1.94. The molecule has 0 amide bonds. The van der Waals surface area contributed by atoms with Gasteiger partial charge in [-0.25, -0.2) is 0 Å². The van der Waals surface area contributed by atoms with Crippen molar-refractivity contribution in [1.82, 2.24) is 4.57 Å². The minimum Gasteiger partial charge on any atom is -0.378 e. The fraction of sp³-hybridized carbons (Fsp3) is 0.214. The lowest BCUT2D eigenvalue weighted by Crippen LogP contribution is -2.07. The largest absolute Gasteiger partial charge is 0.378 e. The molecule has 0 saturated carbocycles. The number of nitrogens with zero attached hydrogens (tertiary/aromatic N) is 3. The van der Waals surface area contributed by atoms with Gasteiger partial charge >= 0.3 is 0 Å². The number of aromatic nitrogens is 1. The molecular weight excluding hydrogens is 210 g/mol. The molecule has 0 bridgehead atoms. The van der Waals surface area contributed by atoms with Crippen molar-refractivity contribution in [3.05, 3.63) is 48.3 Å². The first-order valence-electron chi connectivity index (χ1n) is 5.58. The minimum absolute atomic E-state index is 0.972. The van der Waals surface area contributed by atoms with Gasteiger partial charge in [0, 0.05) is 51.0 Å². The van der Waals surface area contributed by atoms with Crippen molar-refractivity contribution >= 4 is 17.6 Å². The van der Waals surface area contributed by atoms with E-state index in [-0.39, 0.29) is 0 Å². The summed E-state index contributed by atoms with van der Waals surface area (Å²) in [6.07, 6.45) is 5.93. The van der Waals surface area contributed by atoms with E-state index in [4.69, 9.17) is 0 Å². The first-order chi connectivity index (χ1) is 8.15. The topological polar surface area (TPSA) is 20.5 Å². The van der Waals surface area contributed by atoms with Gasteiger partial charge in [0.1, 0.15) is 0 Å². The number of hydrogen-bond acceptors (Lipinski definition) is 2. The fourth-order valence-electron chi connectivity index (χ4n) is 1.59. The highest BCUT2D eigenvalue weighted by Crippen LogP contribution is 2.17. The summed E-state index contributed by atoms with van der Waals surface area (Å²) in [6.45, 7) is 0. The lowest BCUT2D eigenvalue weighted by Gasteiger charge is -2.11. The molecule has 1 aromatic heterocycles. The molecule has 0 atom stereocenters. The van der Waals surface area contributed by atoms with Crippen LogP contribution in [-0.4, -0.2) is 24.9 Å². The number of anilines is 1. The molecule has 1 heterocycles. The van der Waals surface area contributed by atoms with Crippen molar-refractivity contribution in [2.24, 2.45) is 12.0 Å². The Bertz CT molecular complexity index is 507. The SMILES string of the molecule is CN(C)c1ccc(N=Cc2ccn(C)c2)cc1. The average molecular weight is 227 g/mol. The third kappa shape index (κ3) is 2.97. The average Bonchev–Trinajstić information content (AvgIpc) is 2.73. The van der Waals surface area contributed by atoms with Crippen molar-refractivity contribution in [3.63, 3.8) is 0 Å². The minimum atomic E-state index is 0.972. The van der Waals surface area contributed by atoms with Crippen molar-refractivity contribution in [1.29, 1.82) is 0 Å². The molecule has 0 spiro atoms. The Labute approximate surface area is 102 Å². The molecule has 0 fully saturated rings. The van der Waals surface area contributed by atoms with E-state index in [1.807, 2.05) is 62.5 Å². The van der Waals surface area contributed by atoms with E-state index < -0.39 is 0 Å². The van der Waals surface area contributed by atoms with Gasteiger partial charge in [-0.2, -0.15) is 0 Å². The van der Waals surface area contributed by atoms with E-state index in [1.165, 1.54) is 5.69 Å². The van der Waals surface area contributed by atoms with Gasteiger partial charge < -0.3 is 9.47 Å². The van der Waals surface area contributed by atoms with Crippen molar-refractivity contribution < 1.29 is 0 Å². The van der Waals surface area contributed by atoms with Gasteiger partial charge in [-0.1, -0.05) is 0 Å². The fourth-order valence-corrected chi connectivity index (χ4v) is 1.59. The first kappa shape index (κ1) is 11.5. The van der Waals surface area contributed by atoms with Gasteiger partial charge in [0.15, 0.2) is 0 Å². The lowest BCUT2D eigenvalue weighted by molar-refractivity contribution is 0.927. The second-order valence-electron chi connectivity index (χ2n) is 4.28. The second kappa shape index (κ2) is 4.87. The number of benzene rings is 1. The zero-order valence-corrected chi connectivity index (χ0v) is 10.5. The van der Waals surface area contributed by atoms with Crippen LogP contribution in [0.4, 0.5) is 11.4 Å². The molecule has 17 heavy (non-hydrogen) atoms. The molecule has 0 unspecified atom stereocenters. The summed E-state index contributed by atoms with van der Waals surface area (Å²) in [5.41, 5.74) is 3.27. The summed E-state index contributed by atoms with van der Waals surface area (Å²) < 4.78 is 2.01. The Morgan fingerprint density at radius 3 is 2.35 bits per heavy atom. The predicted molar refractivity (Wildman–Crippen MR) is 73.4 cm³/mol. The van der Waals surface area contributed by atoms with Crippen LogP contribution in [0, 0.1) is 0 Å². The number of aryl methyl sites for hydroxylation is 1. The van der Waals surface area contributed by atoms with Crippen LogP contribution in [0.2, 0.25) is 0 Å². The van der Waals surface area contributed by atoms with Crippen molar-refractivity contribution in [2.75, 3.05) is 19.0 Å². The maximum Gasteiger partial charge on any atom is 0.0631 e. The van der Waals surface area contributed by atoms with Gasteiger partial charge in [-0.15, -0.1) is 0 Å². The van der Waals surface area contributed by atoms with Crippen LogP contribution in [0.1, 0.15) is 5.56 Å². The molecule has 0 N–H and O–H groups in total. The summed E-state index contributed by atoms with van der Waals surface area (Å²) >= 11 is 0. The zero-order chi connectivity index (χ0) is 12.3. The van der Waals surface area contributed by atoms with Crippen LogP contribution >= 0.6 is 0 Å². The molecule has 0 aliphatic heterocycles. The third-order valence-electron chi connectivity index (χ3n) is 2.58. The molecule has 0 saturated heterocycles. The Balaban J connectivity index is 2.11. The van der Waals surface area contributed by atoms with Crippen molar-refractivity contribution in [3.8, 4) is 0 Å². The van der Waals surface area contributed by atoms with Crippen molar-refractivity contribution in [2.45, 2.75) is 0 Å². The molecule has 3 heteroatoms. The summed E-state index contributed by atoms with van der Waals surface area (Å²) in [7, 11) is 6.06. The van der Waals surface area contributed by atoms with Gasteiger partial charge in [0.05, 0.1) is 5.69 Å². The Kier molecular flexibility index (Phi) is 3.28. The van der Waals surface area contributed by atoms with Gasteiger partial charge in [0.25, 0.3) is 0 Å². The summed E-state index contributed by atoms with van der Waals surface area (Å²) in [5, 5.41) is 0. The van der Waals surface area contributed by atoms with Gasteiger partial charge in [-0.3, -0.25) is 4.99 Å². The number of hydrogen-bond donors (Lipinski definition) is 0. The molecule has 0 aliphatic rings. The molecule has 2 rings (SSSR count). The molecule has 0 aliphatic carbocycles. The van der Waals surface area contributed by atoms with E-state index in [1.54, 1.807) is 0 Å². The van der Waals surface area contributed by atoms with E-state index in [0.717, 1.165) is 11.3 Å². The molecule has 3 nitrogen and oxygen atoms in total. The maximum atomic E-state index is 4.43.